The molecule has 29 heavy (non-hydrogen) atoms. The molecule has 2 aliphatic heterocycles. The van der Waals surface area contributed by atoms with Gasteiger partial charge >= 0.3 is 6.03 Å². The average Bonchev–Trinajstić information content (AvgIpc) is 2.69. The third-order valence-corrected chi connectivity index (χ3v) is 6.31. The summed E-state index contributed by atoms with van der Waals surface area (Å²) in [5.41, 5.74) is 1.77. The molecule has 0 saturated carbocycles. The Bertz CT molecular complexity index is 847. The molecule has 7 heteroatoms. The van der Waals surface area contributed by atoms with Crippen molar-refractivity contribution in [2.75, 3.05) is 26.2 Å². The smallest absolute Gasteiger partial charge is 0.320 e. The Hall–Kier alpha value is -1.82. The minimum absolute atomic E-state index is 0.0420. The number of amides is 2. The van der Waals surface area contributed by atoms with E-state index in [0.29, 0.717) is 29.2 Å². The molecule has 1 aromatic heterocycles. The Balaban J connectivity index is 1.42. The topological polar surface area (TPSA) is 45.7 Å². The predicted molar refractivity (Wildman–Crippen MR) is 114 cm³/mol. The Morgan fingerprint density at radius 2 is 1.79 bits per heavy atom. The first kappa shape index (κ1) is 20.5. The van der Waals surface area contributed by atoms with Crippen molar-refractivity contribution in [3.63, 3.8) is 0 Å². The molecular formula is C22H25Cl2N3O2. The molecule has 3 heterocycles. The Morgan fingerprint density at radius 1 is 1.10 bits per heavy atom. The lowest BCUT2D eigenvalue weighted by molar-refractivity contribution is -0.0694. The van der Waals surface area contributed by atoms with Crippen LogP contribution in [-0.4, -0.2) is 53.1 Å². The van der Waals surface area contributed by atoms with Crippen LogP contribution in [0.25, 0.3) is 0 Å². The number of halogens is 2. The Labute approximate surface area is 181 Å². The second kappa shape index (κ2) is 8.90. The van der Waals surface area contributed by atoms with E-state index in [1.54, 1.807) is 6.20 Å². The number of pyridine rings is 1. The number of piperidine rings is 1. The zero-order chi connectivity index (χ0) is 20.4. The van der Waals surface area contributed by atoms with Crippen molar-refractivity contribution in [3.8, 4) is 0 Å². The van der Waals surface area contributed by atoms with Crippen LogP contribution >= 0.6 is 23.2 Å². The van der Waals surface area contributed by atoms with Crippen molar-refractivity contribution in [1.82, 2.24) is 14.8 Å². The van der Waals surface area contributed by atoms with Gasteiger partial charge < -0.3 is 14.5 Å². The lowest BCUT2D eigenvalue weighted by atomic mass is 9.99. The minimum Gasteiger partial charge on any atom is -0.362 e. The quantitative estimate of drug-likeness (QED) is 0.634. The number of carbonyl (C=O) groups is 1. The van der Waals surface area contributed by atoms with Crippen LogP contribution < -0.4 is 0 Å². The fraction of sp³-hybridized carbons (Fsp3) is 0.455. The Kier molecular flexibility index (Phi) is 6.28. The first-order valence-electron chi connectivity index (χ1n) is 10.1. The number of likely N-dealkylation sites (tertiary alicyclic amines) is 2. The van der Waals surface area contributed by atoms with Gasteiger partial charge in [-0.1, -0.05) is 48.3 Å². The van der Waals surface area contributed by atoms with Gasteiger partial charge in [0.2, 0.25) is 0 Å². The first-order chi connectivity index (χ1) is 14.0. The van der Waals surface area contributed by atoms with Gasteiger partial charge in [-0.05, 0) is 42.5 Å². The van der Waals surface area contributed by atoms with E-state index in [1.807, 2.05) is 46.2 Å². The molecule has 1 atom stereocenters. The van der Waals surface area contributed by atoms with Gasteiger partial charge in [-0.15, -0.1) is 0 Å². The molecule has 0 spiro atoms. The van der Waals surface area contributed by atoms with Gasteiger partial charge in [0.15, 0.2) is 0 Å². The summed E-state index contributed by atoms with van der Waals surface area (Å²) in [6, 6.07) is 11.4. The van der Waals surface area contributed by atoms with Crippen molar-refractivity contribution < 1.29 is 9.53 Å². The van der Waals surface area contributed by atoms with Gasteiger partial charge in [-0.25, -0.2) is 9.78 Å². The first-order valence-corrected chi connectivity index (χ1v) is 10.8. The maximum absolute atomic E-state index is 12.7. The van der Waals surface area contributed by atoms with E-state index in [0.717, 1.165) is 37.1 Å². The number of benzene rings is 1. The number of nitrogens with zero attached hydrogens (tertiary/aromatic N) is 3. The average molecular weight is 434 g/mol. The van der Waals surface area contributed by atoms with Crippen LogP contribution in [-0.2, 0) is 4.74 Å². The normalized spacial score (nSPS) is 19.1. The number of aromatic nitrogens is 1. The molecule has 2 amide bonds. The van der Waals surface area contributed by atoms with Crippen molar-refractivity contribution in [2.24, 2.45) is 5.92 Å². The standard InChI is InChI=1S/C22H25Cl2N3O2/c1-15-8-11-26(12-9-15)22(28)27-13-18(14-27)29-20(16-4-6-17(23)7-5-16)19-3-2-10-25-21(19)24/h2-7,10,15,18,20H,8-9,11-14H2,1H3. The largest absolute Gasteiger partial charge is 0.362 e. The maximum atomic E-state index is 12.7. The molecule has 2 aliphatic rings. The molecule has 0 bridgehead atoms. The molecule has 0 radical (unpaired) electrons. The van der Waals surface area contributed by atoms with Crippen LogP contribution in [0.5, 0.6) is 0 Å². The molecule has 2 fully saturated rings. The van der Waals surface area contributed by atoms with Crippen LogP contribution in [0.15, 0.2) is 42.6 Å². The number of hydrogen-bond donors (Lipinski definition) is 0. The number of carbonyl (C=O) groups excluding carboxylic acids is 1. The van der Waals surface area contributed by atoms with Crippen LogP contribution in [0.3, 0.4) is 0 Å². The van der Waals surface area contributed by atoms with E-state index in [4.69, 9.17) is 27.9 Å². The summed E-state index contributed by atoms with van der Waals surface area (Å²) in [7, 11) is 0. The molecule has 4 rings (SSSR count). The number of urea groups is 1. The molecule has 2 saturated heterocycles. The highest BCUT2D eigenvalue weighted by Crippen LogP contribution is 2.34. The van der Waals surface area contributed by atoms with Gasteiger partial charge in [0.25, 0.3) is 0 Å². The molecule has 0 N–H and O–H groups in total. The van der Waals surface area contributed by atoms with Crippen LogP contribution in [0.1, 0.15) is 37.0 Å². The van der Waals surface area contributed by atoms with Gasteiger partial charge in [0.1, 0.15) is 11.3 Å². The van der Waals surface area contributed by atoms with E-state index < -0.39 is 0 Å². The van der Waals surface area contributed by atoms with Crippen molar-refractivity contribution >= 4 is 29.2 Å². The van der Waals surface area contributed by atoms with Gasteiger partial charge in [0, 0.05) is 29.9 Å². The molecule has 5 nitrogen and oxygen atoms in total. The summed E-state index contributed by atoms with van der Waals surface area (Å²) < 4.78 is 6.38. The maximum Gasteiger partial charge on any atom is 0.320 e. The van der Waals surface area contributed by atoms with Crippen molar-refractivity contribution in [1.29, 1.82) is 0 Å². The molecule has 1 aromatic carbocycles. The lowest BCUT2D eigenvalue weighted by Gasteiger charge is -2.44. The number of ether oxygens (including phenoxy) is 1. The van der Waals surface area contributed by atoms with Crippen LogP contribution in [0.2, 0.25) is 10.2 Å². The van der Waals surface area contributed by atoms with E-state index in [9.17, 15) is 4.79 Å². The molecule has 0 aliphatic carbocycles. The van der Waals surface area contributed by atoms with E-state index in [1.165, 1.54) is 0 Å². The molecule has 2 aromatic rings. The number of rotatable bonds is 4. The molecular weight excluding hydrogens is 409 g/mol. The fourth-order valence-corrected chi connectivity index (χ4v) is 4.18. The third kappa shape index (κ3) is 4.68. The van der Waals surface area contributed by atoms with Gasteiger partial charge in [0.05, 0.1) is 19.2 Å². The SMILES string of the molecule is CC1CCN(C(=O)N2CC(OC(c3ccc(Cl)cc3)c3cccnc3Cl)C2)CC1. The monoisotopic (exact) mass is 433 g/mol. The predicted octanol–water partition coefficient (Wildman–Crippen LogP) is 5.03. The molecule has 1 unspecified atom stereocenters. The third-order valence-electron chi connectivity index (χ3n) is 5.74. The highest BCUT2D eigenvalue weighted by molar-refractivity contribution is 6.30. The summed E-state index contributed by atoms with van der Waals surface area (Å²) in [6.45, 7) is 5.12. The highest BCUT2D eigenvalue weighted by atomic mass is 35.5. The Morgan fingerprint density at radius 3 is 2.45 bits per heavy atom. The second-order valence-electron chi connectivity index (χ2n) is 7.93. The minimum atomic E-state index is -0.355. The summed E-state index contributed by atoms with van der Waals surface area (Å²) >= 11 is 12.4. The second-order valence-corrected chi connectivity index (χ2v) is 8.72. The van der Waals surface area contributed by atoms with E-state index >= 15 is 0 Å². The van der Waals surface area contributed by atoms with Gasteiger partial charge in [-0.3, -0.25) is 0 Å². The number of hydrogen-bond acceptors (Lipinski definition) is 3. The van der Waals surface area contributed by atoms with E-state index in [-0.39, 0.29) is 18.2 Å². The zero-order valence-electron chi connectivity index (χ0n) is 16.4. The highest BCUT2D eigenvalue weighted by Gasteiger charge is 2.37. The summed E-state index contributed by atoms with van der Waals surface area (Å²) in [6.07, 6.45) is 3.43. The summed E-state index contributed by atoms with van der Waals surface area (Å²) in [5, 5.41) is 1.09. The fourth-order valence-electron chi connectivity index (χ4n) is 3.84. The molecule has 154 valence electrons. The van der Waals surface area contributed by atoms with Crippen LogP contribution in [0, 0.1) is 5.92 Å². The summed E-state index contributed by atoms with van der Waals surface area (Å²) in [5.74, 6) is 0.705. The van der Waals surface area contributed by atoms with Gasteiger partial charge in [-0.2, -0.15) is 0 Å². The van der Waals surface area contributed by atoms with Crippen molar-refractivity contribution in [2.45, 2.75) is 32.0 Å². The summed E-state index contributed by atoms with van der Waals surface area (Å²) in [4.78, 5) is 20.7. The zero-order valence-corrected chi connectivity index (χ0v) is 17.9. The van der Waals surface area contributed by atoms with Crippen LogP contribution in [0.4, 0.5) is 4.79 Å². The van der Waals surface area contributed by atoms with E-state index in [2.05, 4.69) is 11.9 Å². The van der Waals surface area contributed by atoms with Crippen molar-refractivity contribution in [3.05, 3.63) is 63.9 Å². The lowest BCUT2D eigenvalue weighted by Crippen LogP contribution is -2.59.